The van der Waals surface area contributed by atoms with Gasteiger partial charge < -0.3 is 16.0 Å². The average molecular weight is 467 g/mol. The molecule has 2 aliphatic rings. The number of nitrogens with one attached hydrogen (secondary N) is 2. The summed E-state index contributed by atoms with van der Waals surface area (Å²) in [4.78, 5) is 15.6. The summed E-state index contributed by atoms with van der Waals surface area (Å²) in [5, 5.41) is 16.3. The zero-order valence-corrected chi connectivity index (χ0v) is 18.9. The standard InChI is InChI=1S/C16H19N7.C6H5Cl.CH3NO/c1-2-8-22(7-1)16-18-15(13-4-3-9-23(13)21-16)17-14-10-12(19-20-14)11-5-6-11;7-6-4-2-1-3-5-6;2-1-3/h3-4,9-11H,1-2,5-8H2,(H2,17,18,19,20,21);1-5H;1H,(H2,2,3). The number of amides is 1. The van der Waals surface area contributed by atoms with Crippen LogP contribution in [0.3, 0.4) is 0 Å². The van der Waals surface area contributed by atoms with Crippen LogP contribution in [0.2, 0.25) is 5.02 Å². The number of rotatable bonds is 4. The molecule has 0 spiro atoms. The van der Waals surface area contributed by atoms with Crippen molar-refractivity contribution >= 4 is 41.1 Å². The lowest BCUT2D eigenvalue weighted by Crippen LogP contribution is -2.22. The van der Waals surface area contributed by atoms with Crippen LogP contribution in [0, 0.1) is 0 Å². The van der Waals surface area contributed by atoms with E-state index in [1.165, 1.54) is 31.4 Å². The predicted molar refractivity (Wildman–Crippen MR) is 130 cm³/mol. The lowest BCUT2D eigenvalue weighted by molar-refractivity contribution is -0.106. The third kappa shape index (κ3) is 6.01. The molecule has 1 aliphatic heterocycles. The summed E-state index contributed by atoms with van der Waals surface area (Å²) in [6.07, 6.45) is 7.15. The molecule has 3 aromatic heterocycles. The molecule has 1 saturated heterocycles. The van der Waals surface area contributed by atoms with Crippen molar-refractivity contribution in [2.24, 2.45) is 5.73 Å². The van der Waals surface area contributed by atoms with E-state index in [9.17, 15) is 0 Å². The Bertz CT molecular complexity index is 1170. The number of primary amides is 1. The molecule has 172 valence electrons. The summed E-state index contributed by atoms with van der Waals surface area (Å²) in [6.45, 7) is 2.06. The van der Waals surface area contributed by atoms with Crippen LogP contribution in [0.5, 0.6) is 0 Å². The fourth-order valence-corrected chi connectivity index (χ4v) is 3.75. The highest BCUT2D eigenvalue weighted by Crippen LogP contribution is 2.39. The van der Waals surface area contributed by atoms with Gasteiger partial charge in [0.1, 0.15) is 5.52 Å². The predicted octanol–water partition coefficient (Wildman–Crippen LogP) is 4.12. The molecule has 4 N–H and O–H groups in total. The van der Waals surface area contributed by atoms with E-state index in [-0.39, 0.29) is 6.41 Å². The van der Waals surface area contributed by atoms with E-state index < -0.39 is 0 Å². The molecule has 10 heteroatoms. The molecule has 9 nitrogen and oxygen atoms in total. The first kappa shape index (κ1) is 22.6. The molecule has 2 fully saturated rings. The maximum Gasteiger partial charge on any atom is 0.245 e. The van der Waals surface area contributed by atoms with Crippen molar-refractivity contribution in [1.29, 1.82) is 0 Å². The number of hydrogen-bond acceptors (Lipinski definition) is 6. The van der Waals surface area contributed by atoms with E-state index >= 15 is 0 Å². The molecular weight excluding hydrogens is 440 g/mol. The van der Waals surface area contributed by atoms with Crippen molar-refractivity contribution < 1.29 is 4.79 Å². The maximum absolute atomic E-state index is 8.58. The fourth-order valence-electron chi connectivity index (χ4n) is 3.61. The second-order valence-electron chi connectivity index (χ2n) is 7.83. The van der Waals surface area contributed by atoms with Crippen LogP contribution in [0.25, 0.3) is 5.52 Å². The van der Waals surface area contributed by atoms with Crippen LogP contribution < -0.4 is 16.0 Å². The quantitative estimate of drug-likeness (QED) is 0.389. The minimum Gasteiger partial charge on any atom is -0.372 e. The van der Waals surface area contributed by atoms with Crippen LogP contribution in [0.1, 0.15) is 37.3 Å². The number of aromatic nitrogens is 5. The Hall–Kier alpha value is -3.59. The van der Waals surface area contributed by atoms with Crippen LogP contribution in [-0.2, 0) is 4.79 Å². The Morgan fingerprint density at radius 1 is 1.12 bits per heavy atom. The van der Waals surface area contributed by atoms with Crippen molar-refractivity contribution in [2.75, 3.05) is 23.3 Å². The average Bonchev–Trinajstić information content (AvgIpc) is 3.22. The first-order chi connectivity index (χ1) is 16.2. The van der Waals surface area contributed by atoms with E-state index in [2.05, 4.69) is 37.3 Å². The molecule has 1 aliphatic carbocycles. The normalized spacial score (nSPS) is 14.8. The summed E-state index contributed by atoms with van der Waals surface area (Å²) in [6, 6.07) is 15.5. The number of aromatic amines is 1. The first-order valence-electron chi connectivity index (χ1n) is 11.0. The molecule has 1 amide bonds. The Labute approximate surface area is 197 Å². The molecule has 1 aromatic carbocycles. The molecule has 0 unspecified atom stereocenters. The number of carbonyl (C=O) groups excluding carboxylic acids is 1. The molecule has 0 atom stereocenters. The number of H-pyrrole nitrogens is 1. The van der Waals surface area contributed by atoms with Crippen LogP contribution in [-0.4, -0.2) is 44.3 Å². The molecular formula is C23H27ClN8O. The lowest BCUT2D eigenvalue weighted by atomic mass is 10.3. The Morgan fingerprint density at radius 2 is 1.85 bits per heavy atom. The van der Waals surface area contributed by atoms with Crippen LogP contribution in [0.15, 0.2) is 54.7 Å². The number of nitrogens with zero attached hydrogens (tertiary/aromatic N) is 5. The van der Waals surface area contributed by atoms with Gasteiger partial charge in [0.25, 0.3) is 0 Å². The summed E-state index contributed by atoms with van der Waals surface area (Å²) in [7, 11) is 0. The monoisotopic (exact) mass is 466 g/mol. The number of nitrogens with two attached hydrogens (primary N) is 1. The fraction of sp³-hybridized carbons (Fsp3) is 0.304. The summed E-state index contributed by atoms with van der Waals surface area (Å²) in [5.41, 5.74) is 6.34. The lowest BCUT2D eigenvalue weighted by Gasteiger charge is -2.16. The number of fused-ring (bicyclic) bond motifs is 1. The van der Waals surface area contributed by atoms with E-state index in [0.29, 0.717) is 5.92 Å². The number of carbonyl (C=O) groups is 1. The molecule has 0 bridgehead atoms. The SMILES string of the molecule is Clc1ccccc1.NC=O.c1cc2c(Nc3cc(C4CC4)[nH]n3)nc(N3CCCC3)nn2c1. The van der Waals surface area contributed by atoms with Crippen molar-refractivity contribution in [1.82, 2.24) is 24.8 Å². The number of halogens is 1. The van der Waals surface area contributed by atoms with Crippen molar-refractivity contribution in [2.45, 2.75) is 31.6 Å². The molecule has 1 saturated carbocycles. The van der Waals surface area contributed by atoms with Crippen molar-refractivity contribution in [3.8, 4) is 0 Å². The second kappa shape index (κ2) is 10.8. The van der Waals surface area contributed by atoms with E-state index in [1.807, 2.05) is 53.2 Å². The van der Waals surface area contributed by atoms with Gasteiger partial charge in [-0.15, -0.1) is 5.10 Å². The molecule has 4 aromatic rings. The van der Waals surface area contributed by atoms with E-state index in [4.69, 9.17) is 21.4 Å². The van der Waals surface area contributed by atoms with Gasteiger partial charge in [0.2, 0.25) is 12.4 Å². The third-order valence-corrected chi connectivity index (χ3v) is 5.62. The summed E-state index contributed by atoms with van der Waals surface area (Å²) >= 11 is 5.54. The number of hydrogen-bond donors (Lipinski definition) is 3. The van der Waals surface area contributed by atoms with Crippen LogP contribution in [0.4, 0.5) is 17.6 Å². The largest absolute Gasteiger partial charge is 0.372 e. The Balaban J connectivity index is 0.000000219. The maximum atomic E-state index is 8.58. The van der Waals surface area contributed by atoms with Gasteiger partial charge in [0.15, 0.2) is 11.6 Å². The molecule has 6 rings (SSSR count). The smallest absolute Gasteiger partial charge is 0.245 e. The molecule has 0 radical (unpaired) electrons. The van der Waals surface area contributed by atoms with Gasteiger partial charge in [-0.1, -0.05) is 29.8 Å². The number of benzene rings is 1. The topological polar surface area (TPSA) is 117 Å². The van der Waals surface area contributed by atoms with Gasteiger partial charge in [-0.2, -0.15) is 10.1 Å². The van der Waals surface area contributed by atoms with Crippen LogP contribution >= 0.6 is 11.6 Å². The minimum atomic E-state index is 0.250. The highest BCUT2D eigenvalue weighted by Gasteiger charge is 2.25. The highest BCUT2D eigenvalue weighted by molar-refractivity contribution is 6.30. The highest BCUT2D eigenvalue weighted by atomic mass is 35.5. The zero-order chi connectivity index (χ0) is 23.0. The van der Waals surface area contributed by atoms with Gasteiger partial charge in [-0.25, -0.2) is 4.52 Å². The van der Waals surface area contributed by atoms with Gasteiger partial charge in [0, 0.05) is 42.0 Å². The first-order valence-corrected chi connectivity index (χ1v) is 11.3. The van der Waals surface area contributed by atoms with E-state index in [0.717, 1.165) is 41.2 Å². The van der Waals surface area contributed by atoms with Gasteiger partial charge >= 0.3 is 0 Å². The van der Waals surface area contributed by atoms with Gasteiger partial charge in [0.05, 0.1) is 0 Å². The Morgan fingerprint density at radius 3 is 2.48 bits per heavy atom. The number of anilines is 3. The van der Waals surface area contributed by atoms with Crippen molar-refractivity contribution in [3.05, 3.63) is 65.4 Å². The second-order valence-corrected chi connectivity index (χ2v) is 8.27. The summed E-state index contributed by atoms with van der Waals surface area (Å²) < 4.78 is 1.89. The molecule has 33 heavy (non-hydrogen) atoms. The van der Waals surface area contributed by atoms with Gasteiger partial charge in [-0.3, -0.25) is 9.89 Å². The Kier molecular flexibility index (Phi) is 7.41. The van der Waals surface area contributed by atoms with Gasteiger partial charge in [-0.05, 0) is 49.9 Å². The molecule has 4 heterocycles. The third-order valence-electron chi connectivity index (χ3n) is 5.36. The van der Waals surface area contributed by atoms with Crippen molar-refractivity contribution in [3.63, 3.8) is 0 Å². The minimum absolute atomic E-state index is 0.250. The summed E-state index contributed by atoms with van der Waals surface area (Å²) in [5.74, 6) is 3.07. The zero-order valence-electron chi connectivity index (χ0n) is 18.2. The van der Waals surface area contributed by atoms with E-state index in [1.54, 1.807) is 0 Å².